The molecule has 0 rings (SSSR count). The molecule has 0 aromatic rings. The van der Waals surface area contributed by atoms with E-state index < -0.39 is 18.0 Å². The van der Waals surface area contributed by atoms with Crippen molar-refractivity contribution in [1.82, 2.24) is 5.32 Å². The summed E-state index contributed by atoms with van der Waals surface area (Å²) in [7, 11) is 0. The number of unbranched alkanes of at least 4 members (excludes halogenated alkanes) is 3. The van der Waals surface area contributed by atoms with Crippen LogP contribution in [0.25, 0.3) is 0 Å². The summed E-state index contributed by atoms with van der Waals surface area (Å²) in [5.74, 6) is -0.825. The average Bonchev–Trinajstić information content (AvgIpc) is 2.41. The molecule has 2 N–H and O–H groups in total. The Morgan fingerprint density at radius 2 is 1.70 bits per heavy atom. The van der Waals surface area contributed by atoms with Gasteiger partial charge in [-0.1, -0.05) is 12.8 Å². The summed E-state index contributed by atoms with van der Waals surface area (Å²) >= 11 is 0. The Bertz CT molecular complexity index is 270. The van der Waals surface area contributed by atoms with Crippen molar-refractivity contribution < 1.29 is 24.2 Å². The number of carbonyl (C=O) groups excluding carboxylic acids is 2. The summed E-state index contributed by atoms with van der Waals surface area (Å²) < 4.78 is 9.78. The maximum absolute atomic E-state index is 11.7. The van der Waals surface area contributed by atoms with Crippen LogP contribution >= 0.6 is 0 Å². The minimum absolute atomic E-state index is 0.0106. The Morgan fingerprint density at radius 3 is 2.30 bits per heavy atom. The van der Waals surface area contributed by atoms with Gasteiger partial charge < -0.3 is 19.9 Å². The predicted octanol–water partition coefficient (Wildman–Crippen LogP) is 1.01. The Hall–Kier alpha value is -1.14. The van der Waals surface area contributed by atoms with Gasteiger partial charge in [0.25, 0.3) is 0 Å². The Labute approximate surface area is 120 Å². The summed E-state index contributed by atoms with van der Waals surface area (Å²) in [6, 6.07) is -0.646. The first-order chi connectivity index (χ1) is 9.65. The van der Waals surface area contributed by atoms with E-state index in [9.17, 15) is 9.59 Å². The van der Waals surface area contributed by atoms with Crippen molar-refractivity contribution in [3.05, 3.63) is 0 Å². The summed E-state index contributed by atoms with van der Waals surface area (Å²) in [6.07, 6.45) is 3.61. The van der Waals surface area contributed by atoms with Crippen LogP contribution in [0.4, 0.5) is 0 Å². The first-order valence-corrected chi connectivity index (χ1v) is 7.32. The summed E-state index contributed by atoms with van der Waals surface area (Å²) in [4.78, 5) is 23.2. The highest BCUT2D eigenvalue weighted by Crippen LogP contribution is 2.02. The number of aliphatic hydroxyl groups excluding tert-OH is 1. The third-order valence-corrected chi connectivity index (χ3v) is 2.72. The number of aliphatic hydroxyl groups is 1. The molecular formula is C14H27NO5. The average molecular weight is 289 g/mol. The van der Waals surface area contributed by atoms with E-state index in [4.69, 9.17) is 14.6 Å². The molecule has 1 atom stereocenters. The Balaban J connectivity index is 4.04. The largest absolute Gasteiger partial charge is 0.466 e. The fraction of sp³-hybridized carbons (Fsp3) is 0.857. The van der Waals surface area contributed by atoms with Crippen molar-refractivity contribution in [2.24, 2.45) is 0 Å². The van der Waals surface area contributed by atoms with Crippen LogP contribution in [0.1, 0.15) is 46.0 Å². The topological polar surface area (TPSA) is 84.9 Å². The number of nitrogens with one attached hydrogen (secondary N) is 1. The molecule has 0 heterocycles. The molecule has 0 aliphatic heterocycles. The van der Waals surface area contributed by atoms with E-state index in [0.717, 1.165) is 25.7 Å². The number of hydrogen-bond donors (Lipinski definition) is 2. The van der Waals surface area contributed by atoms with Crippen LogP contribution in [0, 0.1) is 0 Å². The molecule has 118 valence electrons. The van der Waals surface area contributed by atoms with Gasteiger partial charge in [-0.25, -0.2) is 0 Å². The van der Waals surface area contributed by atoms with Crippen LogP contribution in [0.5, 0.6) is 0 Å². The first-order valence-electron chi connectivity index (χ1n) is 7.32. The van der Waals surface area contributed by atoms with Crippen LogP contribution in [-0.4, -0.2) is 49.5 Å². The van der Waals surface area contributed by atoms with Crippen molar-refractivity contribution >= 4 is 11.9 Å². The Morgan fingerprint density at radius 1 is 1.05 bits per heavy atom. The quantitative estimate of drug-likeness (QED) is 0.412. The minimum Gasteiger partial charge on any atom is -0.466 e. The number of rotatable bonds is 12. The zero-order valence-electron chi connectivity index (χ0n) is 12.5. The molecular weight excluding hydrogens is 262 g/mol. The van der Waals surface area contributed by atoms with Gasteiger partial charge in [0.1, 0.15) is 6.04 Å². The lowest BCUT2D eigenvalue weighted by atomic mass is 10.1. The number of carbonyl (C=O) groups is 2. The normalized spacial score (nSPS) is 11.9. The number of hydrogen-bond acceptors (Lipinski definition) is 6. The van der Waals surface area contributed by atoms with Crippen LogP contribution in [0.15, 0.2) is 0 Å². The molecule has 0 aliphatic carbocycles. The summed E-state index contributed by atoms with van der Waals surface area (Å²) in [6.45, 7) is 4.89. The summed E-state index contributed by atoms with van der Waals surface area (Å²) in [5, 5.41) is 11.7. The second kappa shape index (κ2) is 12.9. The smallest absolute Gasteiger partial charge is 0.323 e. The molecule has 6 heteroatoms. The molecule has 0 bridgehead atoms. The van der Waals surface area contributed by atoms with Crippen LogP contribution in [-0.2, 0) is 19.1 Å². The van der Waals surface area contributed by atoms with Gasteiger partial charge in [-0.2, -0.15) is 0 Å². The lowest BCUT2D eigenvalue weighted by molar-refractivity contribution is -0.152. The van der Waals surface area contributed by atoms with Gasteiger partial charge in [-0.05, 0) is 33.2 Å². The van der Waals surface area contributed by atoms with E-state index >= 15 is 0 Å². The molecule has 0 aliphatic rings. The predicted molar refractivity (Wildman–Crippen MR) is 75.2 cm³/mol. The molecule has 0 aromatic heterocycles. The van der Waals surface area contributed by atoms with E-state index in [1.807, 2.05) is 0 Å². The SMILES string of the molecule is CCOC(=O)CC(NCCCCCCO)C(=O)OCC. The van der Waals surface area contributed by atoms with Gasteiger partial charge in [-0.3, -0.25) is 9.59 Å². The fourth-order valence-electron chi connectivity index (χ4n) is 1.73. The lowest BCUT2D eigenvalue weighted by Gasteiger charge is -2.16. The molecule has 0 fully saturated rings. The molecule has 0 radical (unpaired) electrons. The van der Waals surface area contributed by atoms with Crippen LogP contribution < -0.4 is 5.32 Å². The minimum atomic E-state index is -0.646. The zero-order valence-corrected chi connectivity index (χ0v) is 12.5. The van der Waals surface area contributed by atoms with Crippen molar-refractivity contribution in [1.29, 1.82) is 0 Å². The van der Waals surface area contributed by atoms with Gasteiger partial charge in [0.05, 0.1) is 19.6 Å². The van der Waals surface area contributed by atoms with Crippen molar-refractivity contribution in [2.75, 3.05) is 26.4 Å². The fourth-order valence-corrected chi connectivity index (χ4v) is 1.73. The van der Waals surface area contributed by atoms with E-state index in [1.165, 1.54) is 0 Å². The van der Waals surface area contributed by atoms with Gasteiger partial charge >= 0.3 is 11.9 Å². The third kappa shape index (κ3) is 9.75. The second-order valence-electron chi connectivity index (χ2n) is 4.41. The lowest BCUT2D eigenvalue weighted by Crippen LogP contribution is -2.40. The van der Waals surface area contributed by atoms with Gasteiger partial charge in [0, 0.05) is 6.61 Å². The molecule has 6 nitrogen and oxygen atoms in total. The highest BCUT2D eigenvalue weighted by atomic mass is 16.5. The van der Waals surface area contributed by atoms with E-state index in [1.54, 1.807) is 13.8 Å². The van der Waals surface area contributed by atoms with E-state index in [2.05, 4.69) is 5.32 Å². The molecule has 0 saturated heterocycles. The molecule has 0 saturated carbocycles. The van der Waals surface area contributed by atoms with Crippen LogP contribution in [0.2, 0.25) is 0 Å². The van der Waals surface area contributed by atoms with Crippen LogP contribution in [0.3, 0.4) is 0 Å². The highest BCUT2D eigenvalue weighted by molar-refractivity contribution is 5.82. The maximum Gasteiger partial charge on any atom is 0.323 e. The molecule has 20 heavy (non-hydrogen) atoms. The van der Waals surface area contributed by atoms with Crippen molar-refractivity contribution in [2.45, 2.75) is 52.0 Å². The van der Waals surface area contributed by atoms with Crippen molar-refractivity contribution in [3.8, 4) is 0 Å². The maximum atomic E-state index is 11.7. The molecule has 0 aromatic carbocycles. The second-order valence-corrected chi connectivity index (χ2v) is 4.41. The van der Waals surface area contributed by atoms with Gasteiger partial charge in [0.2, 0.25) is 0 Å². The van der Waals surface area contributed by atoms with E-state index in [0.29, 0.717) is 13.2 Å². The van der Waals surface area contributed by atoms with E-state index in [-0.39, 0.29) is 19.6 Å². The van der Waals surface area contributed by atoms with Crippen molar-refractivity contribution in [3.63, 3.8) is 0 Å². The Kier molecular flexibility index (Phi) is 12.1. The van der Waals surface area contributed by atoms with Gasteiger partial charge in [0.15, 0.2) is 0 Å². The monoisotopic (exact) mass is 289 g/mol. The standard InChI is InChI=1S/C14H27NO5/c1-3-19-13(17)11-12(14(18)20-4-2)15-9-7-5-6-8-10-16/h12,15-16H,3-11H2,1-2H3. The zero-order chi connectivity index (χ0) is 15.2. The highest BCUT2D eigenvalue weighted by Gasteiger charge is 2.23. The molecule has 0 amide bonds. The molecule has 1 unspecified atom stereocenters. The molecule has 0 spiro atoms. The first kappa shape index (κ1) is 18.9. The van der Waals surface area contributed by atoms with Gasteiger partial charge in [-0.15, -0.1) is 0 Å². The summed E-state index contributed by atoms with van der Waals surface area (Å²) in [5.41, 5.74) is 0. The number of esters is 2. The third-order valence-electron chi connectivity index (χ3n) is 2.72. The number of ether oxygens (including phenoxy) is 2.